The number of likely N-dealkylation sites (tertiary alicyclic amines) is 1. The minimum atomic E-state index is -3.89. The number of para-hydroxylation sites is 1. The molecule has 7 nitrogen and oxygen atoms in total. The minimum absolute atomic E-state index is 0.0183. The van der Waals surface area contributed by atoms with Crippen molar-refractivity contribution in [1.82, 2.24) is 14.8 Å². The summed E-state index contributed by atoms with van der Waals surface area (Å²) in [5.74, 6) is -0.568. The Kier molecular flexibility index (Phi) is 7.36. The average molecular weight is 482 g/mol. The summed E-state index contributed by atoms with van der Waals surface area (Å²) in [5.41, 5.74) is 1.74. The highest BCUT2D eigenvalue weighted by molar-refractivity contribution is 7.92. The third-order valence-electron chi connectivity index (χ3n) is 6.43. The van der Waals surface area contributed by atoms with Gasteiger partial charge in [-0.15, -0.1) is 0 Å². The maximum absolute atomic E-state index is 13.2. The molecule has 0 saturated carbocycles. The number of fused-ring (bicyclic) bond motifs is 1. The first-order valence-corrected chi connectivity index (χ1v) is 13.4. The van der Waals surface area contributed by atoms with Gasteiger partial charge in [0.25, 0.3) is 0 Å². The summed E-state index contributed by atoms with van der Waals surface area (Å²) in [6.45, 7) is 4.09. The molecule has 2 aromatic carbocycles. The standard InChI is InChI=1S/C26H31N3O4S/c1-20-12-15-28(16-13-20)26(31)18-29-17-24(22-9-5-6-10-23(22)29)34(32,33)19-25(30)27-14-11-21-7-3-2-4-8-21/h2-10,17,20H,11-16,18-19H2,1H3,(H,27,30). The fourth-order valence-corrected chi connectivity index (χ4v) is 5.79. The van der Waals surface area contributed by atoms with E-state index in [9.17, 15) is 18.0 Å². The van der Waals surface area contributed by atoms with Crippen molar-refractivity contribution in [3.8, 4) is 0 Å². The van der Waals surface area contributed by atoms with Crippen LogP contribution in [-0.4, -0.2) is 55.1 Å². The van der Waals surface area contributed by atoms with Gasteiger partial charge in [0, 0.05) is 36.7 Å². The van der Waals surface area contributed by atoms with Crippen LogP contribution in [0.5, 0.6) is 0 Å². The number of amides is 2. The Bertz CT molecular complexity index is 1260. The Morgan fingerprint density at radius 3 is 2.41 bits per heavy atom. The van der Waals surface area contributed by atoms with E-state index in [0.29, 0.717) is 29.8 Å². The van der Waals surface area contributed by atoms with E-state index >= 15 is 0 Å². The highest BCUT2D eigenvalue weighted by Crippen LogP contribution is 2.27. The molecule has 1 N–H and O–H groups in total. The van der Waals surface area contributed by atoms with Crippen molar-refractivity contribution in [2.75, 3.05) is 25.4 Å². The molecule has 3 aromatic rings. The van der Waals surface area contributed by atoms with E-state index in [1.807, 2.05) is 41.3 Å². The molecule has 0 radical (unpaired) electrons. The van der Waals surface area contributed by atoms with E-state index in [0.717, 1.165) is 31.5 Å². The van der Waals surface area contributed by atoms with Crippen LogP contribution in [0, 0.1) is 5.92 Å². The lowest BCUT2D eigenvalue weighted by Gasteiger charge is -2.30. The number of nitrogens with one attached hydrogen (secondary N) is 1. The molecule has 34 heavy (non-hydrogen) atoms. The number of carbonyl (C=O) groups is 2. The van der Waals surface area contributed by atoms with Gasteiger partial charge < -0.3 is 14.8 Å². The third-order valence-corrected chi connectivity index (χ3v) is 8.07. The van der Waals surface area contributed by atoms with Gasteiger partial charge in [-0.25, -0.2) is 8.42 Å². The Labute approximate surface area is 200 Å². The zero-order valence-corrected chi connectivity index (χ0v) is 20.3. The second kappa shape index (κ2) is 10.4. The quantitative estimate of drug-likeness (QED) is 0.536. The smallest absolute Gasteiger partial charge is 0.242 e. The van der Waals surface area contributed by atoms with Crippen LogP contribution in [0.25, 0.3) is 10.9 Å². The van der Waals surface area contributed by atoms with Crippen molar-refractivity contribution in [3.63, 3.8) is 0 Å². The van der Waals surface area contributed by atoms with Crippen molar-refractivity contribution in [2.24, 2.45) is 5.92 Å². The number of hydrogen-bond acceptors (Lipinski definition) is 4. The van der Waals surface area contributed by atoms with Crippen LogP contribution in [0.1, 0.15) is 25.3 Å². The number of aromatic nitrogens is 1. The first-order chi connectivity index (χ1) is 16.3. The van der Waals surface area contributed by atoms with Crippen LogP contribution in [0.3, 0.4) is 0 Å². The molecule has 4 rings (SSSR count). The molecule has 1 aliphatic heterocycles. The largest absolute Gasteiger partial charge is 0.355 e. The second-order valence-corrected chi connectivity index (χ2v) is 11.0. The number of nitrogens with zero attached hydrogens (tertiary/aromatic N) is 2. The summed E-state index contributed by atoms with van der Waals surface area (Å²) in [5, 5.41) is 3.23. The lowest BCUT2D eigenvalue weighted by molar-refractivity contribution is -0.133. The summed E-state index contributed by atoms with van der Waals surface area (Å²) in [4.78, 5) is 27.2. The Morgan fingerprint density at radius 1 is 1.00 bits per heavy atom. The van der Waals surface area contributed by atoms with E-state index < -0.39 is 21.5 Å². The molecule has 180 valence electrons. The summed E-state index contributed by atoms with van der Waals surface area (Å²) in [6.07, 6.45) is 4.10. The lowest BCUT2D eigenvalue weighted by atomic mass is 9.99. The summed E-state index contributed by atoms with van der Waals surface area (Å²) in [7, 11) is -3.89. The van der Waals surface area contributed by atoms with E-state index in [1.54, 1.807) is 22.8 Å². The number of piperidine rings is 1. The second-order valence-electron chi connectivity index (χ2n) is 9.05. The van der Waals surface area contributed by atoms with Crippen LogP contribution in [0.2, 0.25) is 0 Å². The topological polar surface area (TPSA) is 88.5 Å². The van der Waals surface area contributed by atoms with Crippen molar-refractivity contribution in [2.45, 2.75) is 37.6 Å². The van der Waals surface area contributed by atoms with Gasteiger partial charge in [0.1, 0.15) is 12.3 Å². The lowest BCUT2D eigenvalue weighted by Crippen LogP contribution is -2.39. The van der Waals surface area contributed by atoms with Crippen molar-refractivity contribution in [1.29, 1.82) is 0 Å². The van der Waals surface area contributed by atoms with Gasteiger partial charge in [-0.05, 0) is 36.8 Å². The van der Waals surface area contributed by atoms with Gasteiger partial charge in [0.2, 0.25) is 11.8 Å². The molecule has 0 bridgehead atoms. The van der Waals surface area contributed by atoms with E-state index in [4.69, 9.17) is 0 Å². The van der Waals surface area contributed by atoms with Gasteiger partial charge in [0.05, 0.1) is 4.90 Å². The highest BCUT2D eigenvalue weighted by Gasteiger charge is 2.26. The fourth-order valence-electron chi connectivity index (χ4n) is 4.39. The van der Waals surface area contributed by atoms with Crippen LogP contribution in [0.15, 0.2) is 65.7 Å². The minimum Gasteiger partial charge on any atom is -0.355 e. The number of carbonyl (C=O) groups excluding carboxylic acids is 2. The van der Waals surface area contributed by atoms with Crippen LogP contribution in [0.4, 0.5) is 0 Å². The molecule has 1 fully saturated rings. The SMILES string of the molecule is CC1CCN(C(=O)Cn2cc(S(=O)(=O)CC(=O)NCCc3ccccc3)c3ccccc32)CC1. The maximum atomic E-state index is 13.2. The molecule has 0 aliphatic carbocycles. The normalized spacial score (nSPS) is 14.9. The molecule has 1 aromatic heterocycles. The third kappa shape index (κ3) is 5.67. The molecule has 8 heteroatoms. The van der Waals surface area contributed by atoms with Gasteiger partial charge in [-0.3, -0.25) is 9.59 Å². The molecular weight excluding hydrogens is 450 g/mol. The number of benzene rings is 2. The molecule has 2 amide bonds. The van der Waals surface area contributed by atoms with Crippen LogP contribution >= 0.6 is 0 Å². The predicted octanol–water partition coefficient (Wildman–Crippen LogP) is 3.03. The molecule has 1 aliphatic rings. The fraction of sp³-hybridized carbons (Fsp3) is 0.385. The Hall–Kier alpha value is -3.13. The summed E-state index contributed by atoms with van der Waals surface area (Å²) >= 11 is 0. The molecular formula is C26H31N3O4S. The van der Waals surface area contributed by atoms with Gasteiger partial charge in [0.15, 0.2) is 9.84 Å². The van der Waals surface area contributed by atoms with Crippen LogP contribution in [-0.2, 0) is 32.4 Å². The monoisotopic (exact) mass is 481 g/mol. The average Bonchev–Trinajstić information content (AvgIpc) is 3.19. The van der Waals surface area contributed by atoms with Gasteiger partial charge in [-0.2, -0.15) is 0 Å². The van der Waals surface area contributed by atoms with Gasteiger partial charge >= 0.3 is 0 Å². The summed E-state index contributed by atoms with van der Waals surface area (Å²) in [6, 6.07) is 16.8. The van der Waals surface area contributed by atoms with Gasteiger partial charge in [-0.1, -0.05) is 55.5 Å². The van der Waals surface area contributed by atoms with Crippen molar-refractivity contribution < 1.29 is 18.0 Å². The number of rotatable bonds is 8. The Balaban J connectivity index is 1.46. The number of hydrogen-bond donors (Lipinski definition) is 1. The summed E-state index contributed by atoms with van der Waals surface area (Å²) < 4.78 is 28.0. The van der Waals surface area contributed by atoms with Crippen LogP contribution < -0.4 is 5.32 Å². The zero-order valence-electron chi connectivity index (χ0n) is 19.4. The molecule has 2 heterocycles. The number of sulfone groups is 1. The first-order valence-electron chi connectivity index (χ1n) is 11.7. The predicted molar refractivity (Wildman–Crippen MR) is 132 cm³/mol. The van der Waals surface area contributed by atoms with Crippen molar-refractivity contribution in [3.05, 3.63) is 66.4 Å². The molecule has 0 unspecified atom stereocenters. The highest BCUT2D eigenvalue weighted by atomic mass is 32.2. The van der Waals surface area contributed by atoms with E-state index in [2.05, 4.69) is 12.2 Å². The zero-order chi connectivity index (χ0) is 24.1. The van der Waals surface area contributed by atoms with Crippen molar-refractivity contribution >= 4 is 32.6 Å². The van der Waals surface area contributed by atoms with E-state index in [1.165, 1.54) is 6.20 Å². The first kappa shape index (κ1) is 24.0. The Morgan fingerprint density at radius 2 is 1.68 bits per heavy atom. The molecule has 0 spiro atoms. The van der Waals surface area contributed by atoms with E-state index in [-0.39, 0.29) is 17.3 Å². The molecule has 1 saturated heterocycles. The maximum Gasteiger partial charge on any atom is 0.242 e. The molecule has 0 atom stereocenters.